The third-order valence-corrected chi connectivity index (χ3v) is 4.42. The van der Waals surface area contributed by atoms with Crippen molar-refractivity contribution >= 4 is 0 Å². The van der Waals surface area contributed by atoms with Crippen LogP contribution in [0.3, 0.4) is 0 Å². The molecule has 114 valence electrons. The number of aliphatic hydroxyl groups is 1. The molecule has 2 heterocycles. The van der Waals surface area contributed by atoms with Crippen molar-refractivity contribution in [3.63, 3.8) is 0 Å². The monoisotopic (exact) mass is 280 g/mol. The van der Waals surface area contributed by atoms with Crippen molar-refractivity contribution in [2.24, 2.45) is 5.73 Å². The van der Waals surface area contributed by atoms with Crippen LogP contribution in [0.4, 0.5) is 0 Å². The Bertz CT molecular complexity index is 428. The molecular weight excluding hydrogens is 252 g/mol. The van der Waals surface area contributed by atoms with Gasteiger partial charge in [0.2, 0.25) is 0 Å². The van der Waals surface area contributed by atoms with Crippen LogP contribution in [0.5, 0.6) is 0 Å². The molecule has 0 amide bonds. The number of hydrogen-bond donors (Lipinski definition) is 2. The van der Waals surface area contributed by atoms with Crippen molar-refractivity contribution in [2.45, 2.75) is 64.1 Å². The Morgan fingerprint density at radius 1 is 1.40 bits per heavy atom. The van der Waals surface area contributed by atoms with E-state index in [0.29, 0.717) is 0 Å². The average Bonchev–Trinajstić information content (AvgIpc) is 2.73. The molecule has 4 nitrogen and oxygen atoms in total. The zero-order valence-electron chi connectivity index (χ0n) is 12.9. The Morgan fingerprint density at radius 2 is 2.15 bits per heavy atom. The summed E-state index contributed by atoms with van der Waals surface area (Å²) in [5, 5.41) is 10.2. The van der Waals surface area contributed by atoms with Gasteiger partial charge in [-0.15, -0.1) is 0 Å². The quantitative estimate of drug-likeness (QED) is 0.890. The van der Waals surface area contributed by atoms with E-state index in [9.17, 15) is 5.11 Å². The molecule has 0 radical (unpaired) electrons. The molecule has 1 aromatic rings. The summed E-state index contributed by atoms with van der Waals surface area (Å²) in [6.07, 6.45) is 3.56. The molecule has 4 heteroatoms. The SMILES string of the molecule is CCC(N)C(c1ccc(C)o1)N1CCCC(C)(O)CC1. The highest BCUT2D eigenvalue weighted by molar-refractivity contribution is 5.12. The molecule has 0 spiro atoms. The summed E-state index contributed by atoms with van der Waals surface area (Å²) in [4.78, 5) is 2.38. The second-order valence-corrected chi connectivity index (χ2v) is 6.35. The first-order chi connectivity index (χ1) is 9.43. The summed E-state index contributed by atoms with van der Waals surface area (Å²) in [5.74, 6) is 1.88. The van der Waals surface area contributed by atoms with Crippen molar-refractivity contribution in [1.82, 2.24) is 4.90 Å². The van der Waals surface area contributed by atoms with Crippen LogP contribution in [0.15, 0.2) is 16.5 Å². The minimum absolute atomic E-state index is 0.0589. The molecule has 1 aliphatic heterocycles. The number of aryl methyl sites for hydroxylation is 1. The molecule has 3 N–H and O–H groups in total. The summed E-state index contributed by atoms with van der Waals surface area (Å²) in [6, 6.07) is 4.21. The number of nitrogens with two attached hydrogens (primary N) is 1. The highest BCUT2D eigenvalue weighted by Crippen LogP contribution is 2.31. The molecule has 20 heavy (non-hydrogen) atoms. The molecule has 0 bridgehead atoms. The molecule has 1 aliphatic rings. The minimum Gasteiger partial charge on any atom is -0.465 e. The molecule has 3 atom stereocenters. The van der Waals surface area contributed by atoms with Gasteiger partial charge in [0.25, 0.3) is 0 Å². The van der Waals surface area contributed by atoms with Crippen molar-refractivity contribution in [3.8, 4) is 0 Å². The van der Waals surface area contributed by atoms with Gasteiger partial charge in [-0.2, -0.15) is 0 Å². The second kappa shape index (κ2) is 6.29. The Morgan fingerprint density at radius 3 is 2.75 bits per heavy atom. The van der Waals surface area contributed by atoms with Gasteiger partial charge in [-0.25, -0.2) is 0 Å². The number of nitrogens with zero attached hydrogens (tertiary/aromatic N) is 1. The first-order valence-corrected chi connectivity index (χ1v) is 7.71. The summed E-state index contributed by atoms with van der Waals surface area (Å²) in [6.45, 7) is 7.84. The third kappa shape index (κ3) is 3.62. The summed E-state index contributed by atoms with van der Waals surface area (Å²) in [7, 11) is 0. The van der Waals surface area contributed by atoms with Crippen molar-refractivity contribution in [3.05, 3.63) is 23.7 Å². The van der Waals surface area contributed by atoms with Crippen LogP contribution in [-0.2, 0) is 0 Å². The van der Waals surface area contributed by atoms with Gasteiger partial charge in [0.05, 0.1) is 11.6 Å². The summed E-state index contributed by atoms with van der Waals surface area (Å²) >= 11 is 0. The molecule has 3 unspecified atom stereocenters. The fraction of sp³-hybridized carbons (Fsp3) is 0.750. The van der Waals surface area contributed by atoms with E-state index in [4.69, 9.17) is 10.2 Å². The van der Waals surface area contributed by atoms with Crippen LogP contribution in [-0.4, -0.2) is 34.7 Å². The standard InChI is InChI=1S/C16H28N2O2/c1-4-13(17)15(14-7-6-12(2)20-14)18-10-5-8-16(3,19)9-11-18/h6-7,13,15,19H,4-5,8-11,17H2,1-3H3. The molecule has 1 aromatic heterocycles. The maximum absolute atomic E-state index is 10.2. The van der Waals surface area contributed by atoms with E-state index in [2.05, 4.69) is 11.8 Å². The molecule has 2 rings (SSSR count). The molecular formula is C16H28N2O2. The number of likely N-dealkylation sites (tertiary alicyclic amines) is 1. The van der Waals surface area contributed by atoms with E-state index in [0.717, 1.165) is 50.3 Å². The van der Waals surface area contributed by atoms with Crippen molar-refractivity contribution in [2.75, 3.05) is 13.1 Å². The van der Waals surface area contributed by atoms with E-state index in [1.807, 2.05) is 26.0 Å². The van der Waals surface area contributed by atoms with E-state index in [1.165, 1.54) is 0 Å². The highest BCUT2D eigenvalue weighted by atomic mass is 16.3. The van der Waals surface area contributed by atoms with E-state index in [1.54, 1.807) is 0 Å². The third-order valence-electron chi connectivity index (χ3n) is 4.42. The van der Waals surface area contributed by atoms with E-state index in [-0.39, 0.29) is 12.1 Å². The van der Waals surface area contributed by atoms with Gasteiger partial charge in [-0.05, 0) is 58.2 Å². The van der Waals surface area contributed by atoms with Gasteiger partial charge in [0, 0.05) is 12.6 Å². The Labute approximate surface area is 121 Å². The highest BCUT2D eigenvalue weighted by Gasteiger charge is 2.32. The largest absolute Gasteiger partial charge is 0.465 e. The van der Waals surface area contributed by atoms with Crippen LogP contribution < -0.4 is 5.73 Å². The predicted molar refractivity (Wildman–Crippen MR) is 80.5 cm³/mol. The number of hydrogen-bond acceptors (Lipinski definition) is 4. The molecule has 1 fully saturated rings. The van der Waals surface area contributed by atoms with Crippen LogP contribution in [0.1, 0.15) is 57.1 Å². The van der Waals surface area contributed by atoms with Gasteiger partial charge in [0.15, 0.2) is 0 Å². The zero-order chi connectivity index (χ0) is 14.8. The Kier molecular flexibility index (Phi) is 4.89. The topological polar surface area (TPSA) is 62.6 Å². The lowest BCUT2D eigenvalue weighted by Gasteiger charge is -2.33. The maximum atomic E-state index is 10.2. The van der Waals surface area contributed by atoms with Gasteiger partial charge in [-0.1, -0.05) is 6.92 Å². The first-order valence-electron chi connectivity index (χ1n) is 7.71. The lowest BCUT2D eigenvalue weighted by atomic mass is 9.98. The van der Waals surface area contributed by atoms with Crippen molar-refractivity contribution in [1.29, 1.82) is 0 Å². The fourth-order valence-corrected chi connectivity index (χ4v) is 3.06. The predicted octanol–water partition coefficient (Wildman–Crippen LogP) is 2.60. The van der Waals surface area contributed by atoms with Crippen LogP contribution in [0.2, 0.25) is 0 Å². The first kappa shape index (κ1) is 15.5. The van der Waals surface area contributed by atoms with E-state index < -0.39 is 5.60 Å². The smallest absolute Gasteiger partial charge is 0.122 e. The number of rotatable bonds is 4. The van der Waals surface area contributed by atoms with Gasteiger partial charge >= 0.3 is 0 Å². The minimum atomic E-state index is -0.547. The zero-order valence-corrected chi connectivity index (χ0v) is 12.9. The van der Waals surface area contributed by atoms with E-state index >= 15 is 0 Å². The average molecular weight is 280 g/mol. The second-order valence-electron chi connectivity index (χ2n) is 6.35. The van der Waals surface area contributed by atoms with Crippen LogP contribution in [0.25, 0.3) is 0 Å². The molecule has 0 saturated carbocycles. The van der Waals surface area contributed by atoms with Gasteiger partial charge in [0.1, 0.15) is 11.5 Å². The fourth-order valence-electron chi connectivity index (χ4n) is 3.06. The normalized spacial score (nSPS) is 28.1. The summed E-state index contributed by atoms with van der Waals surface area (Å²) in [5.41, 5.74) is 5.80. The van der Waals surface area contributed by atoms with Gasteiger partial charge < -0.3 is 15.3 Å². The Balaban J connectivity index is 2.18. The lowest BCUT2D eigenvalue weighted by molar-refractivity contribution is 0.0414. The molecule has 0 aliphatic carbocycles. The summed E-state index contributed by atoms with van der Waals surface area (Å²) < 4.78 is 5.83. The Hall–Kier alpha value is -0.840. The molecule has 1 saturated heterocycles. The maximum Gasteiger partial charge on any atom is 0.122 e. The van der Waals surface area contributed by atoms with Gasteiger partial charge in [-0.3, -0.25) is 4.90 Å². The molecule has 0 aromatic carbocycles. The van der Waals surface area contributed by atoms with Crippen LogP contribution in [0, 0.1) is 6.92 Å². The van der Waals surface area contributed by atoms with Crippen LogP contribution >= 0.6 is 0 Å². The van der Waals surface area contributed by atoms with Crippen molar-refractivity contribution < 1.29 is 9.52 Å². The number of furan rings is 1. The lowest BCUT2D eigenvalue weighted by Crippen LogP contribution is -2.41.